The summed E-state index contributed by atoms with van der Waals surface area (Å²) >= 11 is 1.79. The zero-order valence-corrected chi connectivity index (χ0v) is 19.2. The maximum absolute atomic E-state index is 11.9. The van der Waals surface area contributed by atoms with E-state index in [9.17, 15) is 4.79 Å². The molecule has 1 unspecified atom stereocenters. The molecule has 1 amide bonds. The zero-order chi connectivity index (χ0) is 17.9. The molecule has 0 heterocycles. The molecule has 0 fully saturated rings. The molecule has 144 valence electrons. The smallest absolute Gasteiger partial charge is 0.407 e. The highest BCUT2D eigenvalue weighted by atomic mass is 127. The lowest BCUT2D eigenvalue weighted by Crippen LogP contribution is -2.45. The fourth-order valence-corrected chi connectivity index (χ4v) is 1.99. The molecular formula is C16H35IN4O2S. The number of alkyl carbamates (subject to hydrolysis) is 1. The minimum atomic E-state index is -0.497. The van der Waals surface area contributed by atoms with E-state index in [1.165, 1.54) is 0 Å². The number of rotatable bonds is 8. The second-order valence-electron chi connectivity index (χ2n) is 6.64. The molecule has 0 saturated heterocycles. The number of aliphatic imine (C=N–C) groups is 1. The first-order chi connectivity index (χ1) is 10.7. The molecule has 24 heavy (non-hydrogen) atoms. The van der Waals surface area contributed by atoms with Gasteiger partial charge in [0.15, 0.2) is 5.96 Å². The zero-order valence-electron chi connectivity index (χ0n) is 16.1. The van der Waals surface area contributed by atoms with Gasteiger partial charge in [-0.25, -0.2) is 4.79 Å². The molecule has 0 rings (SSSR count). The van der Waals surface area contributed by atoms with Crippen LogP contribution in [-0.2, 0) is 4.74 Å². The molecule has 0 spiro atoms. The van der Waals surface area contributed by atoms with Crippen LogP contribution in [0, 0.1) is 5.92 Å². The second-order valence-corrected chi connectivity index (χ2v) is 7.62. The van der Waals surface area contributed by atoms with Gasteiger partial charge in [0.25, 0.3) is 0 Å². The summed E-state index contributed by atoms with van der Waals surface area (Å²) in [7, 11) is 0. The largest absolute Gasteiger partial charge is 0.444 e. The van der Waals surface area contributed by atoms with Crippen molar-refractivity contribution in [1.82, 2.24) is 16.0 Å². The number of nitrogens with one attached hydrogen (secondary N) is 3. The van der Waals surface area contributed by atoms with E-state index in [2.05, 4.69) is 41.0 Å². The third kappa shape index (κ3) is 14.0. The van der Waals surface area contributed by atoms with Crippen LogP contribution in [0.25, 0.3) is 0 Å². The van der Waals surface area contributed by atoms with E-state index >= 15 is 0 Å². The van der Waals surface area contributed by atoms with Crippen molar-refractivity contribution in [2.75, 3.05) is 31.6 Å². The maximum Gasteiger partial charge on any atom is 0.407 e. The summed E-state index contributed by atoms with van der Waals surface area (Å²) in [6.45, 7) is 13.9. The number of thioether (sulfide) groups is 1. The molecule has 0 aliphatic carbocycles. The lowest BCUT2D eigenvalue weighted by Gasteiger charge is -2.25. The van der Waals surface area contributed by atoms with Crippen molar-refractivity contribution < 1.29 is 9.53 Å². The molecule has 0 saturated carbocycles. The molecule has 1 atom stereocenters. The quantitative estimate of drug-likeness (QED) is 0.218. The van der Waals surface area contributed by atoms with Crippen LogP contribution in [0.1, 0.15) is 41.5 Å². The Morgan fingerprint density at radius 1 is 1.25 bits per heavy atom. The van der Waals surface area contributed by atoms with Crippen molar-refractivity contribution >= 4 is 47.8 Å². The van der Waals surface area contributed by atoms with E-state index in [1.807, 2.05) is 27.7 Å². The summed E-state index contributed by atoms with van der Waals surface area (Å²) in [5.41, 5.74) is -0.497. The fraction of sp³-hybridized carbons (Fsp3) is 0.875. The van der Waals surface area contributed by atoms with Gasteiger partial charge >= 0.3 is 6.09 Å². The van der Waals surface area contributed by atoms with Gasteiger partial charge in [0.05, 0.1) is 12.6 Å². The summed E-state index contributed by atoms with van der Waals surface area (Å²) < 4.78 is 5.32. The van der Waals surface area contributed by atoms with Crippen molar-refractivity contribution in [2.45, 2.75) is 53.2 Å². The number of amides is 1. The Morgan fingerprint density at radius 3 is 2.33 bits per heavy atom. The van der Waals surface area contributed by atoms with Gasteiger partial charge in [-0.2, -0.15) is 11.8 Å². The number of nitrogens with zero attached hydrogens (tertiary/aromatic N) is 1. The predicted octanol–water partition coefficient (Wildman–Crippen LogP) is 3.07. The average molecular weight is 474 g/mol. The molecule has 3 N–H and O–H groups in total. The summed E-state index contributed by atoms with van der Waals surface area (Å²) in [4.78, 5) is 16.5. The first-order valence-electron chi connectivity index (χ1n) is 8.20. The van der Waals surface area contributed by atoms with Gasteiger partial charge in [0.1, 0.15) is 5.60 Å². The monoisotopic (exact) mass is 474 g/mol. The Hall–Kier alpha value is -0.380. The van der Waals surface area contributed by atoms with E-state index in [4.69, 9.17) is 4.74 Å². The number of hydrogen-bond acceptors (Lipinski definition) is 4. The Morgan fingerprint density at radius 2 is 1.88 bits per heavy atom. The summed E-state index contributed by atoms with van der Waals surface area (Å²) in [5.74, 6) is 2.06. The van der Waals surface area contributed by atoms with E-state index in [-0.39, 0.29) is 35.9 Å². The van der Waals surface area contributed by atoms with E-state index in [0.29, 0.717) is 6.54 Å². The van der Waals surface area contributed by atoms with E-state index < -0.39 is 11.7 Å². The normalized spacial score (nSPS) is 13.1. The molecule has 0 aliphatic rings. The van der Waals surface area contributed by atoms with Crippen molar-refractivity contribution in [3.8, 4) is 0 Å². The van der Waals surface area contributed by atoms with Gasteiger partial charge in [0, 0.05) is 18.8 Å². The SMILES string of the molecule is CCNC(=NCC(NC(=O)OC(C)(C)C)C(C)C)NCCSC.I. The third-order valence-corrected chi connectivity index (χ3v) is 3.51. The Kier molecular flexibility index (Phi) is 14.9. The highest BCUT2D eigenvalue weighted by molar-refractivity contribution is 14.0. The summed E-state index contributed by atoms with van der Waals surface area (Å²) in [6.07, 6.45) is 1.68. The van der Waals surface area contributed by atoms with Gasteiger partial charge < -0.3 is 20.7 Å². The summed E-state index contributed by atoms with van der Waals surface area (Å²) in [5, 5.41) is 9.40. The first-order valence-corrected chi connectivity index (χ1v) is 9.59. The Labute approximate surface area is 168 Å². The summed E-state index contributed by atoms with van der Waals surface area (Å²) in [6, 6.07) is -0.0687. The van der Waals surface area contributed by atoms with E-state index in [0.717, 1.165) is 24.8 Å². The van der Waals surface area contributed by atoms with Gasteiger partial charge in [-0.05, 0) is 39.9 Å². The lowest BCUT2D eigenvalue weighted by molar-refractivity contribution is 0.0493. The second kappa shape index (κ2) is 13.9. The molecule has 6 nitrogen and oxygen atoms in total. The molecule has 0 aromatic heterocycles. The van der Waals surface area contributed by atoms with Crippen molar-refractivity contribution in [3.05, 3.63) is 0 Å². The van der Waals surface area contributed by atoms with Crippen LogP contribution < -0.4 is 16.0 Å². The average Bonchev–Trinajstić information content (AvgIpc) is 2.41. The van der Waals surface area contributed by atoms with Crippen LogP contribution in [0.5, 0.6) is 0 Å². The minimum absolute atomic E-state index is 0. The third-order valence-electron chi connectivity index (χ3n) is 2.90. The predicted molar refractivity (Wildman–Crippen MR) is 116 cm³/mol. The van der Waals surface area contributed by atoms with Crippen LogP contribution in [0.15, 0.2) is 4.99 Å². The maximum atomic E-state index is 11.9. The van der Waals surface area contributed by atoms with E-state index in [1.54, 1.807) is 11.8 Å². The number of carbonyl (C=O) groups is 1. The van der Waals surface area contributed by atoms with Crippen LogP contribution in [0.4, 0.5) is 4.79 Å². The molecule has 8 heteroatoms. The number of guanidine groups is 1. The van der Waals surface area contributed by atoms with Gasteiger partial charge in [-0.15, -0.1) is 24.0 Å². The van der Waals surface area contributed by atoms with Crippen molar-refractivity contribution in [3.63, 3.8) is 0 Å². The van der Waals surface area contributed by atoms with Crippen LogP contribution >= 0.6 is 35.7 Å². The molecule has 0 aromatic rings. The molecule has 0 bridgehead atoms. The van der Waals surface area contributed by atoms with Gasteiger partial charge in [0.2, 0.25) is 0 Å². The van der Waals surface area contributed by atoms with Crippen molar-refractivity contribution in [2.24, 2.45) is 10.9 Å². The van der Waals surface area contributed by atoms with Crippen molar-refractivity contribution in [1.29, 1.82) is 0 Å². The van der Waals surface area contributed by atoms with Crippen LogP contribution in [-0.4, -0.2) is 55.3 Å². The minimum Gasteiger partial charge on any atom is -0.444 e. The first kappa shape index (κ1) is 25.9. The molecular weight excluding hydrogens is 439 g/mol. The molecule has 0 radical (unpaired) electrons. The van der Waals surface area contributed by atoms with Gasteiger partial charge in [-0.3, -0.25) is 4.99 Å². The number of halogens is 1. The number of carbonyl (C=O) groups excluding carboxylic acids is 1. The Balaban J connectivity index is 0. The standard InChI is InChI=1S/C16H34N4O2S.HI/c1-8-17-14(18-9-10-23-7)19-11-13(12(2)3)20-15(21)22-16(4,5)6;/h12-13H,8-11H2,1-7H3,(H,20,21)(H2,17,18,19);1H. The fourth-order valence-electron chi connectivity index (χ4n) is 1.68. The molecule has 0 aromatic carbocycles. The lowest BCUT2D eigenvalue weighted by atomic mass is 10.1. The topological polar surface area (TPSA) is 74.8 Å². The molecule has 0 aliphatic heterocycles. The van der Waals surface area contributed by atoms with Gasteiger partial charge in [-0.1, -0.05) is 13.8 Å². The van der Waals surface area contributed by atoms with Crippen LogP contribution in [0.2, 0.25) is 0 Å². The van der Waals surface area contributed by atoms with Crippen LogP contribution in [0.3, 0.4) is 0 Å². The Bertz CT molecular complexity index is 374. The number of hydrogen-bond donors (Lipinski definition) is 3. The number of ether oxygens (including phenoxy) is 1. The highest BCUT2D eigenvalue weighted by Crippen LogP contribution is 2.09. The highest BCUT2D eigenvalue weighted by Gasteiger charge is 2.21.